The molecule has 2 aromatic carbocycles. The van der Waals surface area contributed by atoms with Gasteiger partial charge in [0.15, 0.2) is 5.78 Å². The maximum atomic E-state index is 12.5. The molecule has 1 amide bonds. The van der Waals surface area contributed by atoms with Crippen LogP contribution in [0.4, 0.5) is 11.4 Å². The molecular weight excluding hydrogens is 374 g/mol. The first-order chi connectivity index (χ1) is 13.8. The molecule has 3 aromatic rings. The number of nitro benzene ring substituents is 1. The number of nitrogens with one attached hydrogen (secondary N) is 1. The molecule has 0 aliphatic heterocycles. The molecule has 0 saturated heterocycles. The van der Waals surface area contributed by atoms with Crippen molar-refractivity contribution in [3.63, 3.8) is 0 Å². The van der Waals surface area contributed by atoms with Crippen LogP contribution in [0.2, 0.25) is 0 Å². The van der Waals surface area contributed by atoms with Gasteiger partial charge in [-0.2, -0.15) is 0 Å². The number of carbonyl (C=O) groups excluding carboxylic acids is 2. The number of non-ortho nitro benzene ring substituents is 1. The summed E-state index contributed by atoms with van der Waals surface area (Å²) in [5, 5.41) is 13.6. The van der Waals surface area contributed by atoms with Crippen molar-refractivity contribution in [2.75, 3.05) is 5.32 Å². The van der Waals surface area contributed by atoms with Crippen molar-refractivity contribution in [2.24, 2.45) is 0 Å². The van der Waals surface area contributed by atoms with Gasteiger partial charge in [0.05, 0.1) is 17.0 Å². The lowest BCUT2D eigenvalue weighted by molar-refractivity contribution is -0.384. The third-order valence-electron chi connectivity index (χ3n) is 4.27. The van der Waals surface area contributed by atoms with Crippen molar-refractivity contribution in [2.45, 2.75) is 13.5 Å². The summed E-state index contributed by atoms with van der Waals surface area (Å²) in [7, 11) is 0. The average molecular weight is 391 g/mol. The number of nitrogens with zero attached hydrogens (tertiary/aromatic N) is 2. The van der Waals surface area contributed by atoms with Crippen LogP contribution in [0.25, 0.3) is 0 Å². The smallest absolute Gasteiger partial charge is 0.269 e. The molecule has 29 heavy (non-hydrogen) atoms. The number of rotatable bonds is 6. The maximum Gasteiger partial charge on any atom is 0.269 e. The predicted octanol–water partition coefficient (Wildman–Crippen LogP) is 3.26. The monoisotopic (exact) mass is 391 g/mol. The topological polar surface area (TPSA) is 111 Å². The first kappa shape index (κ1) is 19.7. The minimum absolute atomic E-state index is 0.0709. The molecule has 0 unspecified atom stereocenters. The Kier molecular flexibility index (Phi) is 5.64. The molecule has 1 aromatic heterocycles. The lowest BCUT2D eigenvalue weighted by Gasteiger charge is -2.09. The first-order valence-electron chi connectivity index (χ1n) is 8.69. The van der Waals surface area contributed by atoms with Gasteiger partial charge < -0.3 is 9.88 Å². The SMILES string of the molecule is CC(=O)c1ccc(NC(=O)c2ccc(=O)n(Cc3cccc([N+](=O)[O-])c3)c2)cc1. The molecule has 0 aliphatic rings. The molecule has 8 nitrogen and oxygen atoms in total. The van der Waals surface area contributed by atoms with E-state index >= 15 is 0 Å². The van der Waals surface area contributed by atoms with Gasteiger partial charge in [-0.05, 0) is 42.8 Å². The number of nitro groups is 1. The molecule has 1 heterocycles. The van der Waals surface area contributed by atoms with E-state index in [4.69, 9.17) is 0 Å². The standard InChI is InChI=1S/C21H17N3O5/c1-14(25)16-5-8-18(9-6-16)22-21(27)17-7-10-20(26)23(13-17)12-15-3-2-4-19(11-15)24(28)29/h2-11,13H,12H2,1H3,(H,22,27). The lowest BCUT2D eigenvalue weighted by Crippen LogP contribution is -2.22. The summed E-state index contributed by atoms with van der Waals surface area (Å²) < 4.78 is 1.31. The number of carbonyl (C=O) groups is 2. The number of pyridine rings is 1. The molecule has 1 N–H and O–H groups in total. The fourth-order valence-corrected chi connectivity index (χ4v) is 2.75. The largest absolute Gasteiger partial charge is 0.322 e. The minimum atomic E-state index is -0.506. The van der Waals surface area contributed by atoms with E-state index in [-0.39, 0.29) is 29.1 Å². The highest BCUT2D eigenvalue weighted by atomic mass is 16.6. The molecule has 0 atom stereocenters. The van der Waals surface area contributed by atoms with Crippen LogP contribution in [-0.4, -0.2) is 21.2 Å². The van der Waals surface area contributed by atoms with Crippen LogP contribution in [0.1, 0.15) is 33.2 Å². The summed E-state index contributed by atoms with van der Waals surface area (Å²) in [6, 6.07) is 15.1. The second-order valence-corrected chi connectivity index (χ2v) is 6.40. The zero-order valence-corrected chi connectivity index (χ0v) is 15.5. The quantitative estimate of drug-likeness (QED) is 0.394. The zero-order valence-electron chi connectivity index (χ0n) is 15.5. The molecule has 0 bridgehead atoms. The Labute approximate surface area is 165 Å². The summed E-state index contributed by atoms with van der Waals surface area (Å²) in [5.41, 5.74) is 1.46. The Balaban J connectivity index is 1.80. The Hall–Kier alpha value is -4.07. The number of amides is 1. The van der Waals surface area contributed by atoms with E-state index in [0.29, 0.717) is 16.8 Å². The van der Waals surface area contributed by atoms with Crippen LogP contribution < -0.4 is 10.9 Å². The fraction of sp³-hybridized carbons (Fsp3) is 0.0952. The number of anilines is 1. The van der Waals surface area contributed by atoms with Gasteiger partial charge in [-0.1, -0.05) is 12.1 Å². The maximum absolute atomic E-state index is 12.5. The van der Waals surface area contributed by atoms with Crippen LogP contribution >= 0.6 is 0 Å². The molecule has 3 rings (SSSR count). The zero-order chi connectivity index (χ0) is 21.0. The van der Waals surface area contributed by atoms with E-state index in [9.17, 15) is 24.5 Å². The van der Waals surface area contributed by atoms with Crippen LogP contribution in [-0.2, 0) is 6.54 Å². The molecule has 0 aliphatic carbocycles. The van der Waals surface area contributed by atoms with Gasteiger partial charge >= 0.3 is 0 Å². The molecule has 0 fully saturated rings. The Bertz CT molecular complexity index is 1150. The van der Waals surface area contributed by atoms with Gasteiger partial charge in [0, 0.05) is 35.6 Å². The summed E-state index contributed by atoms with van der Waals surface area (Å²) in [6.07, 6.45) is 1.40. The molecule has 8 heteroatoms. The number of aromatic nitrogens is 1. The van der Waals surface area contributed by atoms with E-state index < -0.39 is 10.8 Å². The number of Topliss-reactive ketones (excluding diaryl/α,β-unsaturated/α-hetero) is 1. The van der Waals surface area contributed by atoms with E-state index in [2.05, 4.69) is 5.32 Å². The Morgan fingerprint density at radius 1 is 1.03 bits per heavy atom. The summed E-state index contributed by atoms with van der Waals surface area (Å²) >= 11 is 0. The third kappa shape index (κ3) is 4.81. The number of hydrogen-bond acceptors (Lipinski definition) is 5. The van der Waals surface area contributed by atoms with Crippen LogP contribution in [0, 0.1) is 10.1 Å². The fourth-order valence-electron chi connectivity index (χ4n) is 2.75. The van der Waals surface area contributed by atoms with Crippen LogP contribution in [0.3, 0.4) is 0 Å². The minimum Gasteiger partial charge on any atom is -0.322 e. The first-order valence-corrected chi connectivity index (χ1v) is 8.69. The van der Waals surface area contributed by atoms with Gasteiger partial charge in [0.1, 0.15) is 0 Å². The highest BCUT2D eigenvalue weighted by Crippen LogP contribution is 2.15. The second-order valence-electron chi connectivity index (χ2n) is 6.40. The van der Waals surface area contributed by atoms with E-state index in [0.717, 1.165) is 0 Å². The van der Waals surface area contributed by atoms with E-state index in [1.807, 2.05) is 0 Å². The average Bonchev–Trinajstić information content (AvgIpc) is 2.70. The van der Waals surface area contributed by atoms with Gasteiger partial charge in [-0.25, -0.2) is 0 Å². The van der Waals surface area contributed by atoms with Crippen molar-refractivity contribution in [1.82, 2.24) is 4.57 Å². The lowest BCUT2D eigenvalue weighted by atomic mass is 10.1. The van der Waals surface area contributed by atoms with Crippen molar-refractivity contribution in [1.29, 1.82) is 0 Å². The molecule has 0 saturated carbocycles. The van der Waals surface area contributed by atoms with Crippen molar-refractivity contribution < 1.29 is 14.5 Å². The van der Waals surface area contributed by atoms with Crippen LogP contribution in [0.15, 0.2) is 71.7 Å². The summed E-state index contributed by atoms with van der Waals surface area (Å²) in [6.45, 7) is 1.55. The summed E-state index contributed by atoms with van der Waals surface area (Å²) in [5.74, 6) is -0.496. The van der Waals surface area contributed by atoms with Gasteiger partial charge in [-0.3, -0.25) is 24.5 Å². The van der Waals surface area contributed by atoms with Gasteiger partial charge in [0.2, 0.25) is 0 Å². The highest BCUT2D eigenvalue weighted by Gasteiger charge is 2.11. The van der Waals surface area contributed by atoms with Crippen molar-refractivity contribution in [3.05, 3.63) is 104 Å². The Morgan fingerprint density at radius 3 is 2.38 bits per heavy atom. The van der Waals surface area contributed by atoms with Gasteiger partial charge in [0.25, 0.3) is 17.2 Å². The molecule has 146 valence electrons. The summed E-state index contributed by atoms with van der Waals surface area (Å²) in [4.78, 5) is 46.4. The molecule has 0 radical (unpaired) electrons. The normalized spacial score (nSPS) is 10.4. The highest BCUT2D eigenvalue weighted by molar-refractivity contribution is 6.04. The molecular formula is C21H17N3O5. The molecule has 0 spiro atoms. The third-order valence-corrected chi connectivity index (χ3v) is 4.27. The van der Waals surface area contributed by atoms with Crippen LogP contribution in [0.5, 0.6) is 0 Å². The number of hydrogen-bond donors (Lipinski definition) is 1. The van der Waals surface area contributed by atoms with E-state index in [1.165, 1.54) is 42.0 Å². The van der Waals surface area contributed by atoms with Crippen molar-refractivity contribution in [3.8, 4) is 0 Å². The predicted molar refractivity (Wildman–Crippen MR) is 107 cm³/mol. The Morgan fingerprint density at radius 2 is 1.72 bits per heavy atom. The second kappa shape index (κ2) is 8.30. The van der Waals surface area contributed by atoms with E-state index in [1.54, 1.807) is 36.4 Å². The van der Waals surface area contributed by atoms with Gasteiger partial charge in [-0.15, -0.1) is 0 Å². The number of ketones is 1. The van der Waals surface area contributed by atoms with Crippen molar-refractivity contribution >= 4 is 23.1 Å². The number of benzene rings is 2.